The minimum Gasteiger partial charge on any atom is -0.389 e. The molecule has 1 aromatic rings. The quantitative estimate of drug-likeness (QED) is 0.616. The van der Waals surface area contributed by atoms with Crippen LogP contribution in [0.25, 0.3) is 0 Å². The highest BCUT2D eigenvalue weighted by molar-refractivity contribution is 5.10. The van der Waals surface area contributed by atoms with Crippen LogP contribution < -0.4 is 4.74 Å². The molecule has 0 spiro atoms. The van der Waals surface area contributed by atoms with Crippen molar-refractivity contribution in [1.82, 2.24) is 4.57 Å². The zero-order chi connectivity index (χ0) is 8.48. The lowest BCUT2D eigenvalue weighted by atomic mass is 10.6. The number of hydrogen-bond donors (Lipinski definition) is 0. The summed E-state index contributed by atoms with van der Waals surface area (Å²) in [6, 6.07) is 3.63. The molecule has 0 aliphatic heterocycles. The van der Waals surface area contributed by atoms with Gasteiger partial charge < -0.3 is 9.30 Å². The molecule has 1 heterocycles. The van der Waals surface area contributed by atoms with Crippen LogP contribution in [-0.2, 0) is 7.05 Å². The Kier molecular flexibility index (Phi) is 1.80. The van der Waals surface area contributed by atoms with Gasteiger partial charge in [0, 0.05) is 19.3 Å². The van der Waals surface area contributed by atoms with Gasteiger partial charge in [0.2, 0.25) is 5.88 Å². The Bertz CT molecular complexity index is 240. The summed E-state index contributed by atoms with van der Waals surface area (Å²) in [7, 11) is 1.44. The molecule has 1 radical (unpaired) electrons. The van der Waals surface area contributed by atoms with E-state index in [2.05, 4.69) is 10.8 Å². The van der Waals surface area contributed by atoms with E-state index in [1.807, 2.05) is 0 Å². The van der Waals surface area contributed by atoms with Crippen molar-refractivity contribution in [2.24, 2.45) is 7.05 Å². The van der Waals surface area contributed by atoms with Crippen molar-refractivity contribution in [2.45, 2.75) is 6.36 Å². The van der Waals surface area contributed by atoms with E-state index < -0.39 is 6.36 Å². The van der Waals surface area contributed by atoms with E-state index in [9.17, 15) is 13.2 Å². The fraction of sp³-hybridized carbons (Fsp3) is 0.333. The highest BCUT2D eigenvalue weighted by Crippen LogP contribution is 2.21. The monoisotopic (exact) mass is 164 g/mol. The van der Waals surface area contributed by atoms with Crippen LogP contribution in [0.15, 0.2) is 12.3 Å². The minimum atomic E-state index is -4.64. The van der Waals surface area contributed by atoms with Gasteiger partial charge in [-0.1, -0.05) is 0 Å². The van der Waals surface area contributed by atoms with Crippen LogP contribution in [0.4, 0.5) is 13.2 Å². The molecule has 61 valence electrons. The summed E-state index contributed by atoms with van der Waals surface area (Å²) in [6.07, 6.45) is -3.22. The molecule has 0 N–H and O–H groups in total. The fourth-order valence-corrected chi connectivity index (χ4v) is 0.601. The fourth-order valence-electron chi connectivity index (χ4n) is 0.601. The number of hydrogen-bond acceptors (Lipinski definition) is 1. The number of nitrogens with zero attached hydrogens (tertiary/aromatic N) is 1. The third-order valence-corrected chi connectivity index (χ3v) is 1.04. The summed E-state index contributed by atoms with van der Waals surface area (Å²) in [5.74, 6) is -0.336. The molecule has 0 unspecified atom stereocenters. The SMILES string of the molecule is Cn1cc[c]c1OC(F)(F)F. The smallest absolute Gasteiger partial charge is 0.389 e. The highest BCUT2D eigenvalue weighted by Gasteiger charge is 2.32. The number of ether oxygens (including phenoxy) is 1. The summed E-state index contributed by atoms with van der Waals surface area (Å²) in [5.41, 5.74) is 0. The standard InChI is InChI=1S/C6H5F3NO/c1-10-4-2-3-5(10)11-6(7,8)9/h2,4H,1H3. The van der Waals surface area contributed by atoms with Gasteiger partial charge in [-0.25, -0.2) is 0 Å². The molecule has 0 aliphatic carbocycles. The van der Waals surface area contributed by atoms with E-state index in [1.54, 1.807) is 0 Å². The minimum absolute atomic E-state index is 0.336. The largest absolute Gasteiger partial charge is 0.574 e. The molecule has 1 aromatic heterocycles. The number of halogens is 3. The molecule has 0 amide bonds. The first kappa shape index (κ1) is 7.97. The van der Waals surface area contributed by atoms with E-state index in [0.717, 1.165) is 0 Å². The van der Waals surface area contributed by atoms with Gasteiger partial charge in [-0.2, -0.15) is 0 Å². The third kappa shape index (κ3) is 2.18. The normalized spacial score (nSPS) is 11.6. The highest BCUT2D eigenvalue weighted by atomic mass is 19.4. The second-order valence-electron chi connectivity index (χ2n) is 1.92. The molecule has 0 bridgehead atoms. The molecule has 0 aliphatic rings. The summed E-state index contributed by atoms with van der Waals surface area (Å²) in [5, 5.41) is 0. The lowest BCUT2D eigenvalue weighted by molar-refractivity contribution is -0.277. The van der Waals surface area contributed by atoms with Crippen molar-refractivity contribution < 1.29 is 17.9 Å². The molecule has 1 rings (SSSR count). The predicted molar refractivity (Wildman–Crippen MR) is 30.9 cm³/mol. The van der Waals surface area contributed by atoms with Crippen LogP contribution in [0.3, 0.4) is 0 Å². The van der Waals surface area contributed by atoms with E-state index in [-0.39, 0.29) is 5.88 Å². The van der Waals surface area contributed by atoms with Crippen molar-refractivity contribution in [3.05, 3.63) is 18.3 Å². The third-order valence-electron chi connectivity index (χ3n) is 1.04. The number of alkyl halides is 3. The maximum Gasteiger partial charge on any atom is 0.574 e. The van der Waals surface area contributed by atoms with Gasteiger partial charge in [-0.15, -0.1) is 13.2 Å². The first-order valence-electron chi connectivity index (χ1n) is 2.78. The first-order valence-corrected chi connectivity index (χ1v) is 2.78. The van der Waals surface area contributed by atoms with Gasteiger partial charge in [-0.3, -0.25) is 0 Å². The zero-order valence-corrected chi connectivity index (χ0v) is 5.64. The van der Waals surface area contributed by atoms with Gasteiger partial charge in [-0.05, 0) is 6.07 Å². The average Bonchev–Trinajstić information content (AvgIpc) is 2.12. The molecule has 0 aromatic carbocycles. The number of aromatic nitrogens is 1. The molecular formula is C6H5F3NO. The van der Waals surface area contributed by atoms with Crippen LogP contribution in [0.1, 0.15) is 0 Å². The van der Waals surface area contributed by atoms with Crippen LogP contribution in [0.5, 0.6) is 5.88 Å². The van der Waals surface area contributed by atoms with Crippen molar-refractivity contribution >= 4 is 0 Å². The molecular weight excluding hydrogens is 159 g/mol. The Labute approximate surface area is 61.2 Å². The van der Waals surface area contributed by atoms with E-state index >= 15 is 0 Å². The van der Waals surface area contributed by atoms with Gasteiger partial charge in [0.15, 0.2) is 0 Å². The van der Waals surface area contributed by atoms with Crippen LogP contribution in [-0.4, -0.2) is 10.9 Å². The first-order chi connectivity index (χ1) is 4.99. The average molecular weight is 164 g/mol. The van der Waals surface area contributed by atoms with Crippen molar-refractivity contribution in [3.8, 4) is 5.88 Å². The van der Waals surface area contributed by atoms with Gasteiger partial charge in [0.05, 0.1) is 0 Å². The molecule has 0 saturated carbocycles. The van der Waals surface area contributed by atoms with Crippen molar-refractivity contribution in [1.29, 1.82) is 0 Å². The Morgan fingerprint density at radius 2 is 2.18 bits per heavy atom. The second-order valence-corrected chi connectivity index (χ2v) is 1.92. The molecule has 0 fully saturated rings. The predicted octanol–water partition coefficient (Wildman–Crippen LogP) is 1.72. The Morgan fingerprint density at radius 3 is 2.55 bits per heavy atom. The second kappa shape index (κ2) is 2.48. The van der Waals surface area contributed by atoms with Crippen LogP contribution in [0.2, 0.25) is 0 Å². The summed E-state index contributed by atoms with van der Waals surface area (Å²) >= 11 is 0. The van der Waals surface area contributed by atoms with Gasteiger partial charge in [0.1, 0.15) is 0 Å². The lowest BCUT2D eigenvalue weighted by Crippen LogP contribution is -2.18. The van der Waals surface area contributed by atoms with E-state index in [1.165, 1.54) is 23.9 Å². The Balaban J connectivity index is 2.72. The molecule has 0 atom stereocenters. The molecule has 2 nitrogen and oxygen atoms in total. The van der Waals surface area contributed by atoms with Gasteiger partial charge >= 0.3 is 6.36 Å². The number of rotatable bonds is 1. The maximum absolute atomic E-state index is 11.5. The Hall–Kier alpha value is -1.13. The van der Waals surface area contributed by atoms with Crippen molar-refractivity contribution in [3.63, 3.8) is 0 Å². The number of aryl methyl sites for hydroxylation is 1. The van der Waals surface area contributed by atoms with Gasteiger partial charge in [0.25, 0.3) is 0 Å². The maximum atomic E-state index is 11.5. The summed E-state index contributed by atoms with van der Waals surface area (Å²) in [6.45, 7) is 0. The van der Waals surface area contributed by atoms with E-state index in [4.69, 9.17) is 0 Å². The lowest BCUT2D eigenvalue weighted by Gasteiger charge is -2.08. The van der Waals surface area contributed by atoms with Crippen LogP contribution >= 0.6 is 0 Å². The summed E-state index contributed by atoms with van der Waals surface area (Å²) in [4.78, 5) is 0. The molecule has 5 heteroatoms. The van der Waals surface area contributed by atoms with Crippen LogP contribution in [0, 0.1) is 6.07 Å². The summed E-state index contributed by atoms with van der Waals surface area (Å²) < 4.78 is 39.4. The van der Waals surface area contributed by atoms with E-state index in [0.29, 0.717) is 0 Å². The van der Waals surface area contributed by atoms with Crippen molar-refractivity contribution in [2.75, 3.05) is 0 Å². The topological polar surface area (TPSA) is 14.2 Å². The molecule has 11 heavy (non-hydrogen) atoms. The Morgan fingerprint density at radius 1 is 1.55 bits per heavy atom. The molecule has 0 saturated heterocycles. The zero-order valence-electron chi connectivity index (χ0n) is 5.64.